The Hall–Kier alpha value is -1.30. The van der Waals surface area contributed by atoms with Crippen molar-refractivity contribution in [2.45, 2.75) is 48.5 Å². The SMILES string of the molecule is C=C(C)c1cccc(C)c1.CC.CC=C(C)C. The summed E-state index contributed by atoms with van der Waals surface area (Å²) < 4.78 is 0. The molecule has 0 spiro atoms. The molecule has 0 heteroatoms. The molecular formula is C17H28. The van der Waals surface area contributed by atoms with Crippen LogP contribution >= 0.6 is 0 Å². The number of allylic oxidation sites excluding steroid dienone is 3. The topological polar surface area (TPSA) is 0 Å². The third kappa shape index (κ3) is 11.0. The van der Waals surface area contributed by atoms with Gasteiger partial charge < -0.3 is 0 Å². The molecule has 0 saturated carbocycles. The average molecular weight is 232 g/mol. The first-order valence-corrected chi connectivity index (χ1v) is 6.29. The summed E-state index contributed by atoms with van der Waals surface area (Å²) in [6.45, 7) is 18.2. The third-order valence-corrected chi connectivity index (χ3v) is 2.09. The Morgan fingerprint density at radius 1 is 1.12 bits per heavy atom. The molecular weight excluding hydrogens is 204 g/mol. The quantitative estimate of drug-likeness (QED) is 0.519. The van der Waals surface area contributed by atoms with Gasteiger partial charge in [0.2, 0.25) is 0 Å². The summed E-state index contributed by atoms with van der Waals surface area (Å²) in [5, 5.41) is 0. The maximum Gasteiger partial charge on any atom is -0.0231 e. The molecule has 0 aromatic heterocycles. The molecule has 1 aromatic carbocycles. The predicted molar refractivity (Wildman–Crippen MR) is 82.3 cm³/mol. The van der Waals surface area contributed by atoms with E-state index in [1.165, 1.54) is 16.7 Å². The van der Waals surface area contributed by atoms with Crippen molar-refractivity contribution in [1.29, 1.82) is 0 Å². The van der Waals surface area contributed by atoms with Gasteiger partial charge in [0, 0.05) is 0 Å². The van der Waals surface area contributed by atoms with Crippen molar-refractivity contribution >= 4 is 5.57 Å². The number of benzene rings is 1. The second-order valence-corrected chi connectivity index (χ2v) is 4.02. The normalized spacial score (nSPS) is 7.94. The molecule has 0 atom stereocenters. The summed E-state index contributed by atoms with van der Waals surface area (Å²) in [4.78, 5) is 0. The van der Waals surface area contributed by atoms with E-state index in [0.717, 1.165) is 5.57 Å². The van der Waals surface area contributed by atoms with E-state index in [9.17, 15) is 0 Å². The van der Waals surface area contributed by atoms with Crippen LogP contribution in [0.15, 0.2) is 42.5 Å². The molecule has 0 aliphatic rings. The third-order valence-electron chi connectivity index (χ3n) is 2.09. The zero-order valence-electron chi connectivity index (χ0n) is 12.6. The summed E-state index contributed by atoms with van der Waals surface area (Å²) >= 11 is 0. The van der Waals surface area contributed by atoms with Gasteiger partial charge in [-0.15, -0.1) is 0 Å². The smallest absolute Gasteiger partial charge is 0.0231 e. The van der Waals surface area contributed by atoms with Gasteiger partial charge in [0.1, 0.15) is 0 Å². The first-order valence-electron chi connectivity index (χ1n) is 6.29. The maximum absolute atomic E-state index is 3.87. The Bertz CT molecular complexity index is 339. The highest BCUT2D eigenvalue weighted by atomic mass is 14.0. The van der Waals surface area contributed by atoms with Crippen molar-refractivity contribution < 1.29 is 0 Å². The molecule has 0 saturated heterocycles. The van der Waals surface area contributed by atoms with Crippen LogP contribution in [-0.2, 0) is 0 Å². The lowest BCUT2D eigenvalue weighted by Gasteiger charge is -1.98. The number of aryl methyl sites for hydroxylation is 1. The molecule has 1 aromatic rings. The minimum atomic E-state index is 1.13. The molecule has 0 aliphatic heterocycles. The summed E-state index contributed by atoms with van der Waals surface area (Å²) in [5.41, 5.74) is 5.04. The molecule has 0 heterocycles. The van der Waals surface area contributed by atoms with Crippen LogP contribution in [0.3, 0.4) is 0 Å². The van der Waals surface area contributed by atoms with Crippen LogP contribution in [0.1, 0.15) is 52.7 Å². The van der Waals surface area contributed by atoms with Gasteiger partial charge in [-0.3, -0.25) is 0 Å². The molecule has 17 heavy (non-hydrogen) atoms. The lowest BCUT2D eigenvalue weighted by atomic mass is 10.1. The molecule has 0 fully saturated rings. The van der Waals surface area contributed by atoms with Crippen molar-refractivity contribution in [1.82, 2.24) is 0 Å². The van der Waals surface area contributed by atoms with E-state index in [0.29, 0.717) is 0 Å². The van der Waals surface area contributed by atoms with E-state index in [1.807, 2.05) is 27.7 Å². The average Bonchev–Trinajstić information content (AvgIpc) is 2.32. The van der Waals surface area contributed by atoms with Crippen molar-refractivity contribution in [3.05, 3.63) is 53.6 Å². The van der Waals surface area contributed by atoms with Gasteiger partial charge in [0.05, 0.1) is 0 Å². The fraction of sp³-hybridized carbons (Fsp3) is 0.412. The van der Waals surface area contributed by atoms with E-state index in [4.69, 9.17) is 0 Å². The van der Waals surface area contributed by atoms with Crippen LogP contribution in [0.4, 0.5) is 0 Å². The van der Waals surface area contributed by atoms with E-state index in [-0.39, 0.29) is 0 Å². The van der Waals surface area contributed by atoms with Crippen molar-refractivity contribution in [3.8, 4) is 0 Å². The summed E-state index contributed by atoms with van der Waals surface area (Å²) in [5.74, 6) is 0. The molecule has 0 amide bonds. The molecule has 0 nitrogen and oxygen atoms in total. The fourth-order valence-corrected chi connectivity index (χ4v) is 0.911. The van der Waals surface area contributed by atoms with Crippen molar-refractivity contribution in [2.75, 3.05) is 0 Å². The second kappa shape index (κ2) is 11.2. The zero-order valence-corrected chi connectivity index (χ0v) is 12.6. The van der Waals surface area contributed by atoms with Crippen molar-refractivity contribution in [2.24, 2.45) is 0 Å². The van der Waals surface area contributed by atoms with E-state index in [2.05, 4.69) is 57.7 Å². The first kappa shape index (κ1) is 18.1. The molecule has 0 N–H and O–H groups in total. The van der Waals surface area contributed by atoms with Crippen LogP contribution in [0.25, 0.3) is 5.57 Å². The fourth-order valence-electron chi connectivity index (χ4n) is 0.911. The second-order valence-electron chi connectivity index (χ2n) is 4.02. The van der Waals surface area contributed by atoms with E-state index >= 15 is 0 Å². The highest BCUT2D eigenvalue weighted by Gasteiger charge is 1.90. The van der Waals surface area contributed by atoms with Crippen LogP contribution in [0.2, 0.25) is 0 Å². The Morgan fingerprint density at radius 3 is 1.82 bits per heavy atom. The van der Waals surface area contributed by atoms with Crippen LogP contribution in [0.5, 0.6) is 0 Å². The number of hydrogen-bond donors (Lipinski definition) is 0. The standard InChI is InChI=1S/C10H12.C5H10.C2H6/c1-8(2)10-6-4-5-9(3)7-10;1-4-5(2)3;1-2/h4-7H,1H2,2-3H3;4H,1-3H3;1-2H3. The molecule has 96 valence electrons. The molecule has 0 bridgehead atoms. The van der Waals surface area contributed by atoms with Crippen LogP contribution in [-0.4, -0.2) is 0 Å². The van der Waals surface area contributed by atoms with Crippen LogP contribution in [0, 0.1) is 6.92 Å². The summed E-state index contributed by atoms with van der Waals surface area (Å²) in [6, 6.07) is 8.36. The van der Waals surface area contributed by atoms with Gasteiger partial charge in [-0.05, 0) is 40.2 Å². The highest BCUT2D eigenvalue weighted by molar-refractivity contribution is 5.61. The van der Waals surface area contributed by atoms with Gasteiger partial charge in [-0.1, -0.05) is 67.5 Å². The molecule has 0 radical (unpaired) electrons. The van der Waals surface area contributed by atoms with Gasteiger partial charge in [-0.2, -0.15) is 0 Å². The van der Waals surface area contributed by atoms with Gasteiger partial charge >= 0.3 is 0 Å². The van der Waals surface area contributed by atoms with Gasteiger partial charge in [0.15, 0.2) is 0 Å². The molecule has 1 rings (SSSR count). The summed E-state index contributed by atoms with van der Waals surface area (Å²) in [7, 11) is 0. The zero-order chi connectivity index (χ0) is 13.8. The lowest BCUT2D eigenvalue weighted by Crippen LogP contribution is -1.77. The van der Waals surface area contributed by atoms with E-state index in [1.54, 1.807) is 0 Å². The first-order chi connectivity index (χ1) is 7.97. The monoisotopic (exact) mass is 232 g/mol. The molecule has 0 unspecified atom stereocenters. The van der Waals surface area contributed by atoms with Gasteiger partial charge in [0.25, 0.3) is 0 Å². The number of rotatable bonds is 1. The summed E-state index contributed by atoms with van der Waals surface area (Å²) in [6.07, 6.45) is 2.08. The van der Waals surface area contributed by atoms with Gasteiger partial charge in [-0.25, -0.2) is 0 Å². The Morgan fingerprint density at radius 2 is 1.59 bits per heavy atom. The predicted octanol–water partition coefficient (Wildman–Crippen LogP) is 6.03. The minimum Gasteiger partial charge on any atom is -0.0955 e. The largest absolute Gasteiger partial charge is 0.0955 e. The molecule has 0 aliphatic carbocycles. The minimum absolute atomic E-state index is 1.13. The van der Waals surface area contributed by atoms with E-state index < -0.39 is 0 Å². The van der Waals surface area contributed by atoms with Crippen LogP contribution < -0.4 is 0 Å². The Kier molecular flexibility index (Phi) is 11.9. The maximum atomic E-state index is 3.87. The Labute approximate surface area is 108 Å². The Balaban J connectivity index is 0. The highest BCUT2D eigenvalue weighted by Crippen LogP contribution is 2.11. The van der Waals surface area contributed by atoms with Crippen molar-refractivity contribution in [3.63, 3.8) is 0 Å². The lowest BCUT2D eigenvalue weighted by molar-refractivity contribution is 1.36. The number of hydrogen-bond acceptors (Lipinski definition) is 0.